The summed E-state index contributed by atoms with van der Waals surface area (Å²) in [6.07, 6.45) is 1.88. The maximum absolute atomic E-state index is 12.5. The molecular formula is C19H18N4O5S. The maximum Gasteiger partial charge on any atom is 0.303 e. The van der Waals surface area contributed by atoms with Gasteiger partial charge in [-0.25, -0.2) is 13.1 Å². The van der Waals surface area contributed by atoms with E-state index < -0.39 is 21.9 Å². The summed E-state index contributed by atoms with van der Waals surface area (Å²) in [5.74, 6) is -1.55. The van der Waals surface area contributed by atoms with Crippen LogP contribution in [-0.4, -0.2) is 35.2 Å². The highest BCUT2D eigenvalue weighted by Crippen LogP contribution is 2.19. The van der Waals surface area contributed by atoms with Crippen molar-refractivity contribution in [3.05, 3.63) is 72.1 Å². The molecule has 1 heterocycles. The molecule has 3 rings (SSSR count). The molecule has 0 radical (unpaired) electrons. The largest absolute Gasteiger partial charge is 0.481 e. The zero-order valence-electron chi connectivity index (χ0n) is 15.1. The van der Waals surface area contributed by atoms with E-state index in [1.54, 1.807) is 42.6 Å². The quantitative estimate of drug-likeness (QED) is 0.512. The van der Waals surface area contributed by atoms with Gasteiger partial charge in [0.15, 0.2) is 0 Å². The standard InChI is InChI=1S/C19H18N4O5S/c20-19(26)17-11-12-23(21-17)15-6-4-14(5-7-15)22-29(27,28)16-8-1-13(2-9-16)3-10-18(24)25/h1-2,4-9,11-12,22H,3,10H2,(H2,20,26)(H,24,25). The average molecular weight is 414 g/mol. The Labute approximate surface area is 166 Å². The van der Waals surface area contributed by atoms with Crippen molar-refractivity contribution in [2.75, 3.05) is 4.72 Å². The summed E-state index contributed by atoms with van der Waals surface area (Å²) in [6, 6.07) is 14.0. The Balaban J connectivity index is 1.71. The number of amides is 1. The molecule has 0 spiro atoms. The van der Waals surface area contributed by atoms with E-state index in [0.29, 0.717) is 17.8 Å². The fourth-order valence-electron chi connectivity index (χ4n) is 2.58. The molecule has 10 heteroatoms. The molecule has 150 valence electrons. The molecule has 0 bridgehead atoms. The summed E-state index contributed by atoms with van der Waals surface area (Å²) < 4.78 is 29.0. The van der Waals surface area contributed by atoms with Gasteiger partial charge in [0, 0.05) is 18.3 Å². The number of hydrogen-bond acceptors (Lipinski definition) is 5. The van der Waals surface area contributed by atoms with Gasteiger partial charge in [0.2, 0.25) is 0 Å². The summed E-state index contributed by atoms with van der Waals surface area (Å²) in [4.78, 5) is 21.8. The number of carboxylic acid groups (broad SMARTS) is 1. The topological polar surface area (TPSA) is 144 Å². The van der Waals surface area contributed by atoms with Crippen LogP contribution in [0, 0.1) is 0 Å². The average Bonchev–Trinajstić information content (AvgIpc) is 3.17. The summed E-state index contributed by atoms with van der Waals surface area (Å²) in [6.45, 7) is 0. The lowest BCUT2D eigenvalue weighted by molar-refractivity contribution is -0.136. The number of nitrogens with zero attached hydrogens (tertiary/aromatic N) is 2. The van der Waals surface area contributed by atoms with Gasteiger partial charge < -0.3 is 10.8 Å². The number of carbonyl (C=O) groups excluding carboxylic acids is 1. The highest BCUT2D eigenvalue weighted by Gasteiger charge is 2.14. The first-order valence-electron chi connectivity index (χ1n) is 8.54. The van der Waals surface area contributed by atoms with Crippen LogP contribution in [0.4, 0.5) is 5.69 Å². The van der Waals surface area contributed by atoms with Crippen molar-refractivity contribution in [1.29, 1.82) is 0 Å². The summed E-state index contributed by atoms with van der Waals surface area (Å²) in [5.41, 5.74) is 7.02. The molecule has 2 aromatic carbocycles. The van der Waals surface area contributed by atoms with Gasteiger partial charge in [-0.1, -0.05) is 12.1 Å². The van der Waals surface area contributed by atoms with Gasteiger partial charge in [-0.2, -0.15) is 5.10 Å². The van der Waals surface area contributed by atoms with Crippen molar-refractivity contribution in [1.82, 2.24) is 9.78 Å². The number of aromatic nitrogens is 2. The van der Waals surface area contributed by atoms with E-state index in [1.807, 2.05) is 0 Å². The number of nitrogens with two attached hydrogens (primary N) is 1. The van der Waals surface area contributed by atoms with E-state index >= 15 is 0 Å². The highest BCUT2D eigenvalue weighted by molar-refractivity contribution is 7.92. The number of aryl methyl sites for hydroxylation is 1. The molecule has 1 aromatic heterocycles. The number of nitrogens with one attached hydrogen (secondary N) is 1. The van der Waals surface area contributed by atoms with E-state index in [0.717, 1.165) is 5.56 Å². The van der Waals surface area contributed by atoms with Gasteiger partial charge >= 0.3 is 5.97 Å². The third-order valence-electron chi connectivity index (χ3n) is 4.09. The molecule has 0 aliphatic rings. The van der Waals surface area contributed by atoms with E-state index in [4.69, 9.17) is 10.8 Å². The fourth-order valence-corrected chi connectivity index (χ4v) is 3.64. The van der Waals surface area contributed by atoms with Gasteiger partial charge in [0.05, 0.1) is 10.6 Å². The van der Waals surface area contributed by atoms with Crippen LogP contribution in [0.2, 0.25) is 0 Å². The second-order valence-electron chi connectivity index (χ2n) is 6.20. The van der Waals surface area contributed by atoms with Crippen LogP contribution in [0.15, 0.2) is 65.7 Å². The van der Waals surface area contributed by atoms with E-state index in [9.17, 15) is 18.0 Å². The predicted octanol–water partition coefficient (Wildman–Crippen LogP) is 1.79. The first-order chi connectivity index (χ1) is 13.7. The molecule has 9 nitrogen and oxygen atoms in total. The Bertz CT molecular complexity index is 1140. The van der Waals surface area contributed by atoms with Crippen molar-refractivity contribution in [3.63, 3.8) is 0 Å². The van der Waals surface area contributed by atoms with Gasteiger partial charge in [0.1, 0.15) is 5.69 Å². The minimum absolute atomic E-state index is 0.0200. The van der Waals surface area contributed by atoms with E-state index in [1.165, 1.54) is 22.9 Å². The van der Waals surface area contributed by atoms with Crippen LogP contribution in [0.5, 0.6) is 0 Å². The molecular weight excluding hydrogens is 396 g/mol. The zero-order valence-corrected chi connectivity index (χ0v) is 16.0. The second kappa shape index (κ2) is 8.15. The Morgan fingerprint density at radius 2 is 1.69 bits per heavy atom. The Morgan fingerprint density at radius 1 is 1.03 bits per heavy atom. The van der Waals surface area contributed by atoms with Crippen LogP contribution in [0.25, 0.3) is 5.69 Å². The Hall–Kier alpha value is -3.66. The van der Waals surface area contributed by atoms with Crippen LogP contribution in [0.3, 0.4) is 0 Å². The van der Waals surface area contributed by atoms with Gasteiger partial charge in [0.25, 0.3) is 15.9 Å². The van der Waals surface area contributed by atoms with Crippen molar-refractivity contribution in [2.24, 2.45) is 5.73 Å². The molecule has 3 aromatic rings. The third-order valence-corrected chi connectivity index (χ3v) is 5.48. The number of carboxylic acids is 1. The van der Waals surface area contributed by atoms with E-state index in [-0.39, 0.29) is 17.0 Å². The second-order valence-corrected chi connectivity index (χ2v) is 7.88. The number of aliphatic carboxylic acids is 1. The monoisotopic (exact) mass is 414 g/mol. The maximum atomic E-state index is 12.5. The van der Waals surface area contributed by atoms with Crippen molar-refractivity contribution in [3.8, 4) is 5.69 Å². The highest BCUT2D eigenvalue weighted by atomic mass is 32.2. The lowest BCUT2D eigenvalue weighted by Crippen LogP contribution is -2.13. The van der Waals surface area contributed by atoms with Crippen LogP contribution >= 0.6 is 0 Å². The van der Waals surface area contributed by atoms with Gasteiger partial charge in [-0.3, -0.25) is 14.3 Å². The zero-order chi connectivity index (χ0) is 21.0. The number of rotatable bonds is 8. The fraction of sp³-hybridized carbons (Fsp3) is 0.105. The molecule has 1 amide bonds. The van der Waals surface area contributed by atoms with Crippen molar-refractivity contribution >= 4 is 27.6 Å². The first kappa shape index (κ1) is 20.1. The summed E-state index contributed by atoms with van der Waals surface area (Å²) in [5, 5.41) is 12.7. The summed E-state index contributed by atoms with van der Waals surface area (Å²) >= 11 is 0. The van der Waals surface area contributed by atoms with E-state index in [2.05, 4.69) is 9.82 Å². The lowest BCUT2D eigenvalue weighted by Gasteiger charge is -2.10. The number of anilines is 1. The van der Waals surface area contributed by atoms with Gasteiger partial charge in [-0.05, 0) is 54.4 Å². The SMILES string of the molecule is NC(=O)c1ccn(-c2ccc(NS(=O)(=O)c3ccc(CCC(=O)O)cc3)cc2)n1. The lowest BCUT2D eigenvalue weighted by atomic mass is 10.1. The normalized spacial score (nSPS) is 11.2. The molecule has 0 aliphatic carbocycles. The molecule has 0 atom stereocenters. The number of carbonyl (C=O) groups is 2. The van der Waals surface area contributed by atoms with Crippen molar-refractivity contribution in [2.45, 2.75) is 17.7 Å². The van der Waals surface area contributed by atoms with Crippen LogP contribution < -0.4 is 10.5 Å². The van der Waals surface area contributed by atoms with Gasteiger partial charge in [-0.15, -0.1) is 0 Å². The third kappa shape index (κ3) is 4.99. The molecule has 0 saturated heterocycles. The molecule has 0 unspecified atom stereocenters. The summed E-state index contributed by atoms with van der Waals surface area (Å²) in [7, 11) is -3.80. The first-order valence-corrected chi connectivity index (χ1v) is 10.0. The Morgan fingerprint density at radius 3 is 2.24 bits per heavy atom. The smallest absolute Gasteiger partial charge is 0.303 e. The molecule has 0 fully saturated rings. The minimum atomic E-state index is -3.80. The molecule has 29 heavy (non-hydrogen) atoms. The molecule has 4 N–H and O–H groups in total. The van der Waals surface area contributed by atoms with Crippen LogP contribution in [-0.2, 0) is 21.2 Å². The van der Waals surface area contributed by atoms with Crippen molar-refractivity contribution < 1.29 is 23.1 Å². The van der Waals surface area contributed by atoms with Crippen LogP contribution in [0.1, 0.15) is 22.5 Å². The number of hydrogen-bond donors (Lipinski definition) is 3. The Kier molecular flexibility index (Phi) is 5.64. The minimum Gasteiger partial charge on any atom is -0.481 e. The number of benzene rings is 2. The molecule has 0 saturated carbocycles. The number of sulfonamides is 1. The molecule has 0 aliphatic heterocycles. The predicted molar refractivity (Wildman–Crippen MR) is 105 cm³/mol. The number of primary amides is 1.